The molecule has 0 aliphatic heterocycles. The number of Topliss-reactive ketones (excluding diaryl/α,β-unsaturated/α-hetero) is 2. The predicted octanol–water partition coefficient (Wildman–Crippen LogP) is 4.39. The van der Waals surface area contributed by atoms with E-state index in [1.165, 1.54) is 26.0 Å². The third-order valence-corrected chi connectivity index (χ3v) is 3.53. The van der Waals surface area contributed by atoms with Crippen molar-refractivity contribution in [3.63, 3.8) is 0 Å². The van der Waals surface area contributed by atoms with Gasteiger partial charge in [-0.15, -0.1) is 0 Å². The van der Waals surface area contributed by atoms with Crippen LogP contribution in [-0.4, -0.2) is 17.3 Å². The van der Waals surface area contributed by atoms with Crippen LogP contribution in [0.25, 0.3) is 12.2 Å². The SMILES string of the molecule is CC(=O)c1ccccc1C=CC(=O)C=Cc1ccccc1C(C)=O. The minimum atomic E-state index is -0.216. The van der Waals surface area contributed by atoms with E-state index < -0.39 is 0 Å². The third-order valence-electron chi connectivity index (χ3n) is 3.53. The second-order valence-electron chi connectivity index (χ2n) is 5.36. The highest BCUT2D eigenvalue weighted by atomic mass is 16.1. The summed E-state index contributed by atoms with van der Waals surface area (Å²) in [6, 6.07) is 14.2. The number of benzene rings is 2. The Bertz CT molecular complexity index is 772. The van der Waals surface area contributed by atoms with Crippen LogP contribution in [0, 0.1) is 0 Å². The number of rotatable bonds is 6. The molecule has 2 aromatic rings. The summed E-state index contributed by atoms with van der Waals surface area (Å²) in [4.78, 5) is 35.1. The second-order valence-corrected chi connectivity index (χ2v) is 5.36. The highest BCUT2D eigenvalue weighted by molar-refractivity contribution is 6.07. The summed E-state index contributed by atoms with van der Waals surface area (Å²) >= 11 is 0. The van der Waals surface area contributed by atoms with Crippen molar-refractivity contribution < 1.29 is 14.4 Å². The van der Waals surface area contributed by atoms with Gasteiger partial charge in [0.05, 0.1) is 0 Å². The molecule has 0 heterocycles. The molecule has 0 aliphatic carbocycles. The van der Waals surface area contributed by atoms with Crippen LogP contribution in [-0.2, 0) is 4.79 Å². The van der Waals surface area contributed by atoms with Crippen molar-refractivity contribution in [3.8, 4) is 0 Å². The van der Waals surface area contributed by atoms with Crippen LogP contribution in [0.2, 0.25) is 0 Å². The molecule has 120 valence electrons. The fourth-order valence-corrected chi connectivity index (χ4v) is 2.33. The van der Waals surface area contributed by atoms with E-state index in [1.54, 1.807) is 48.6 Å². The summed E-state index contributed by atoms with van der Waals surface area (Å²) in [6.07, 6.45) is 6.07. The first kappa shape index (κ1) is 17.3. The van der Waals surface area contributed by atoms with Gasteiger partial charge in [-0.1, -0.05) is 60.7 Å². The lowest BCUT2D eigenvalue weighted by atomic mass is 10.0. The molecule has 0 unspecified atom stereocenters. The molecule has 3 heteroatoms. The Morgan fingerprint density at radius 3 is 1.42 bits per heavy atom. The number of hydrogen-bond donors (Lipinski definition) is 0. The molecule has 0 amide bonds. The van der Waals surface area contributed by atoms with Gasteiger partial charge in [-0.05, 0) is 37.1 Å². The lowest BCUT2D eigenvalue weighted by Gasteiger charge is -2.01. The van der Waals surface area contributed by atoms with E-state index in [-0.39, 0.29) is 17.3 Å². The number of carbonyl (C=O) groups is 3. The maximum absolute atomic E-state index is 12.0. The fraction of sp³-hybridized carbons (Fsp3) is 0.0952. The van der Waals surface area contributed by atoms with E-state index in [2.05, 4.69) is 0 Å². The van der Waals surface area contributed by atoms with E-state index >= 15 is 0 Å². The number of hydrogen-bond acceptors (Lipinski definition) is 3. The van der Waals surface area contributed by atoms with E-state index in [1.807, 2.05) is 12.1 Å². The summed E-state index contributed by atoms with van der Waals surface area (Å²) in [6.45, 7) is 2.99. The topological polar surface area (TPSA) is 51.2 Å². The van der Waals surface area contributed by atoms with Gasteiger partial charge in [0.15, 0.2) is 17.3 Å². The Hall–Kier alpha value is -3.07. The molecule has 24 heavy (non-hydrogen) atoms. The summed E-state index contributed by atoms with van der Waals surface area (Å²) in [5.41, 5.74) is 2.56. The molecular formula is C21H18O3. The van der Waals surface area contributed by atoms with Gasteiger partial charge >= 0.3 is 0 Å². The lowest BCUT2D eigenvalue weighted by Crippen LogP contribution is -1.96. The number of carbonyl (C=O) groups excluding carboxylic acids is 3. The zero-order valence-electron chi connectivity index (χ0n) is 13.7. The van der Waals surface area contributed by atoms with Crippen molar-refractivity contribution >= 4 is 29.5 Å². The van der Waals surface area contributed by atoms with Gasteiger partial charge in [-0.3, -0.25) is 14.4 Å². The monoisotopic (exact) mass is 318 g/mol. The first-order valence-electron chi connectivity index (χ1n) is 7.59. The van der Waals surface area contributed by atoms with Crippen molar-refractivity contribution in [2.45, 2.75) is 13.8 Å². The molecule has 0 N–H and O–H groups in total. The van der Waals surface area contributed by atoms with Crippen LogP contribution in [0.15, 0.2) is 60.7 Å². The normalized spacial score (nSPS) is 11.1. The van der Waals surface area contributed by atoms with Crippen molar-refractivity contribution in [2.75, 3.05) is 0 Å². The van der Waals surface area contributed by atoms with E-state index in [9.17, 15) is 14.4 Å². The Morgan fingerprint density at radius 1 is 0.667 bits per heavy atom. The molecule has 0 bridgehead atoms. The van der Waals surface area contributed by atoms with Gasteiger partial charge in [-0.2, -0.15) is 0 Å². The molecule has 0 spiro atoms. The van der Waals surface area contributed by atoms with E-state index in [0.717, 1.165) is 0 Å². The molecule has 0 aromatic heterocycles. The zero-order chi connectivity index (χ0) is 17.5. The number of allylic oxidation sites excluding steroid dienone is 2. The quantitative estimate of drug-likeness (QED) is 0.586. The van der Waals surface area contributed by atoms with Crippen molar-refractivity contribution in [1.82, 2.24) is 0 Å². The van der Waals surface area contributed by atoms with Crippen LogP contribution in [0.5, 0.6) is 0 Å². The smallest absolute Gasteiger partial charge is 0.178 e. The lowest BCUT2D eigenvalue weighted by molar-refractivity contribution is -0.110. The average Bonchev–Trinajstić information content (AvgIpc) is 2.58. The molecule has 0 saturated heterocycles. The molecule has 0 fully saturated rings. The summed E-state index contributed by atoms with van der Waals surface area (Å²) < 4.78 is 0. The maximum atomic E-state index is 12.0. The maximum Gasteiger partial charge on any atom is 0.178 e. The summed E-state index contributed by atoms with van der Waals surface area (Å²) in [7, 11) is 0. The van der Waals surface area contributed by atoms with Crippen LogP contribution in [0.4, 0.5) is 0 Å². The molecule has 0 atom stereocenters. The largest absolute Gasteiger partial charge is 0.294 e. The molecule has 0 radical (unpaired) electrons. The average molecular weight is 318 g/mol. The Labute approximate surface area is 141 Å². The highest BCUT2D eigenvalue weighted by Gasteiger charge is 2.05. The summed E-state index contributed by atoms with van der Waals surface area (Å²) in [5.74, 6) is -0.311. The molecule has 2 aromatic carbocycles. The van der Waals surface area contributed by atoms with E-state index in [4.69, 9.17) is 0 Å². The Morgan fingerprint density at radius 2 is 1.04 bits per heavy atom. The van der Waals surface area contributed by atoms with E-state index in [0.29, 0.717) is 22.3 Å². The van der Waals surface area contributed by atoms with Gasteiger partial charge in [-0.25, -0.2) is 0 Å². The third kappa shape index (κ3) is 4.46. The van der Waals surface area contributed by atoms with Gasteiger partial charge in [0.2, 0.25) is 0 Å². The predicted molar refractivity (Wildman–Crippen MR) is 96.0 cm³/mol. The van der Waals surface area contributed by atoms with Crippen LogP contribution >= 0.6 is 0 Å². The Balaban J connectivity index is 2.17. The van der Waals surface area contributed by atoms with Crippen LogP contribution in [0.1, 0.15) is 45.7 Å². The van der Waals surface area contributed by atoms with Crippen molar-refractivity contribution in [3.05, 3.63) is 82.9 Å². The van der Waals surface area contributed by atoms with Gasteiger partial charge in [0.25, 0.3) is 0 Å². The molecule has 0 aliphatic rings. The summed E-state index contributed by atoms with van der Waals surface area (Å²) in [5, 5.41) is 0. The standard InChI is InChI=1S/C21H18O3/c1-15(22)20-9-5-3-7-17(20)11-13-19(24)14-12-18-8-4-6-10-21(18)16(2)23/h3-14H,1-2H3. The van der Waals surface area contributed by atoms with Gasteiger partial charge in [0.1, 0.15) is 0 Å². The minimum Gasteiger partial charge on any atom is -0.294 e. The van der Waals surface area contributed by atoms with Gasteiger partial charge in [0, 0.05) is 11.1 Å². The first-order chi connectivity index (χ1) is 11.5. The fourth-order valence-electron chi connectivity index (χ4n) is 2.33. The molecule has 2 rings (SSSR count). The van der Waals surface area contributed by atoms with Crippen LogP contribution < -0.4 is 0 Å². The van der Waals surface area contributed by atoms with Crippen LogP contribution in [0.3, 0.4) is 0 Å². The molecule has 0 saturated carbocycles. The zero-order valence-corrected chi connectivity index (χ0v) is 13.7. The molecular weight excluding hydrogens is 300 g/mol. The Kier molecular flexibility index (Phi) is 5.74. The van der Waals surface area contributed by atoms with Gasteiger partial charge < -0.3 is 0 Å². The number of ketones is 3. The first-order valence-corrected chi connectivity index (χ1v) is 7.59. The second kappa shape index (κ2) is 7.97. The minimum absolute atomic E-state index is 0.0476. The molecule has 3 nitrogen and oxygen atoms in total. The highest BCUT2D eigenvalue weighted by Crippen LogP contribution is 2.13. The van der Waals surface area contributed by atoms with Crippen molar-refractivity contribution in [2.24, 2.45) is 0 Å². The van der Waals surface area contributed by atoms with Crippen molar-refractivity contribution in [1.29, 1.82) is 0 Å².